The Balaban J connectivity index is 2.03. The summed E-state index contributed by atoms with van der Waals surface area (Å²) in [5.74, 6) is 0.807. The molecule has 0 heterocycles. The maximum absolute atomic E-state index is 13.7. The molecular weight excluding hydrogens is 368 g/mol. The topological polar surface area (TPSA) is 26.3 Å². The predicted octanol–water partition coefficient (Wildman–Crippen LogP) is 6.88. The SMILES string of the molecule is COc1c(-c2ccccc2)cc(C(=O)c2cccc(C)c2)c(-c2ccccc2)c1C. The van der Waals surface area contributed by atoms with E-state index >= 15 is 0 Å². The molecule has 0 bridgehead atoms. The summed E-state index contributed by atoms with van der Waals surface area (Å²) in [5, 5.41) is 0. The van der Waals surface area contributed by atoms with E-state index in [1.807, 2.05) is 105 Å². The van der Waals surface area contributed by atoms with Crippen molar-refractivity contribution in [1.29, 1.82) is 0 Å². The zero-order valence-electron chi connectivity index (χ0n) is 17.5. The van der Waals surface area contributed by atoms with Crippen molar-refractivity contribution in [3.05, 3.63) is 113 Å². The van der Waals surface area contributed by atoms with Crippen molar-refractivity contribution in [3.8, 4) is 28.0 Å². The highest BCUT2D eigenvalue weighted by Crippen LogP contribution is 2.41. The van der Waals surface area contributed by atoms with Gasteiger partial charge in [0.2, 0.25) is 0 Å². The third-order valence-electron chi connectivity index (χ3n) is 5.39. The molecule has 0 aliphatic rings. The molecule has 148 valence electrons. The molecular formula is C28H24O2. The fraction of sp³-hybridized carbons (Fsp3) is 0.107. The summed E-state index contributed by atoms with van der Waals surface area (Å²) < 4.78 is 5.84. The molecule has 30 heavy (non-hydrogen) atoms. The summed E-state index contributed by atoms with van der Waals surface area (Å²) in [6.45, 7) is 4.03. The molecule has 0 fully saturated rings. The van der Waals surface area contributed by atoms with E-state index in [-0.39, 0.29) is 5.78 Å². The van der Waals surface area contributed by atoms with Crippen LogP contribution in [0.25, 0.3) is 22.3 Å². The first-order chi connectivity index (χ1) is 14.6. The number of hydrogen-bond donors (Lipinski definition) is 0. The molecule has 0 saturated carbocycles. The molecule has 0 atom stereocenters. The lowest BCUT2D eigenvalue weighted by Gasteiger charge is -2.20. The third-order valence-corrected chi connectivity index (χ3v) is 5.39. The largest absolute Gasteiger partial charge is 0.496 e. The average Bonchev–Trinajstić information content (AvgIpc) is 2.79. The average molecular weight is 392 g/mol. The molecule has 0 spiro atoms. The molecule has 0 radical (unpaired) electrons. The van der Waals surface area contributed by atoms with Crippen LogP contribution in [0, 0.1) is 13.8 Å². The highest BCUT2D eigenvalue weighted by Gasteiger charge is 2.23. The van der Waals surface area contributed by atoms with Gasteiger partial charge < -0.3 is 4.74 Å². The number of ether oxygens (including phenoxy) is 1. The lowest BCUT2D eigenvalue weighted by Crippen LogP contribution is -2.07. The van der Waals surface area contributed by atoms with E-state index in [1.165, 1.54) is 0 Å². The summed E-state index contributed by atoms with van der Waals surface area (Å²) in [5.41, 5.74) is 7.26. The van der Waals surface area contributed by atoms with Gasteiger partial charge in [-0.15, -0.1) is 0 Å². The number of carbonyl (C=O) groups is 1. The zero-order valence-corrected chi connectivity index (χ0v) is 17.5. The van der Waals surface area contributed by atoms with Crippen LogP contribution in [0.5, 0.6) is 5.75 Å². The number of ketones is 1. The van der Waals surface area contributed by atoms with Gasteiger partial charge in [0, 0.05) is 22.3 Å². The maximum atomic E-state index is 13.7. The van der Waals surface area contributed by atoms with Gasteiger partial charge in [-0.05, 0) is 42.7 Å². The van der Waals surface area contributed by atoms with Crippen LogP contribution in [0.4, 0.5) is 0 Å². The normalized spacial score (nSPS) is 10.6. The Labute approximate surface area is 177 Å². The van der Waals surface area contributed by atoms with Gasteiger partial charge in [0.25, 0.3) is 0 Å². The van der Waals surface area contributed by atoms with E-state index < -0.39 is 0 Å². The van der Waals surface area contributed by atoms with E-state index in [4.69, 9.17) is 4.74 Å². The van der Waals surface area contributed by atoms with Gasteiger partial charge in [-0.1, -0.05) is 84.4 Å². The van der Waals surface area contributed by atoms with Gasteiger partial charge >= 0.3 is 0 Å². The molecule has 0 aromatic heterocycles. The molecule has 0 aliphatic carbocycles. The number of carbonyl (C=O) groups excluding carboxylic acids is 1. The Bertz CT molecular complexity index is 1190. The summed E-state index contributed by atoms with van der Waals surface area (Å²) in [4.78, 5) is 13.7. The molecule has 0 aliphatic heterocycles. The summed E-state index contributed by atoms with van der Waals surface area (Å²) in [7, 11) is 1.69. The van der Waals surface area contributed by atoms with Crippen molar-refractivity contribution in [3.63, 3.8) is 0 Å². The Kier molecular flexibility index (Phi) is 5.49. The Hall–Kier alpha value is -3.65. The first-order valence-corrected chi connectivity index (χ1v) is 10.0. The lowest BCUT2D eigenvalue weighted by molar-refractivity contribution is 0.103. The second kappa shape index (κ2) is 8.38. The van der Waals surface area contributed by atoms with Crippen LogP contribution in [0.3, 0.4) is 0 Å². The molecule has 0 saturated heterocycles. The fourth-order valence-corrected chi connectivity index (χ4v) is 3.99. The minimum Gasteiger partial charge on any atom is -0.496 e. The molecule has 2 nitrogen and oxygen atoms in total. The van der Waals surface area contributed by atoms with Crippen LogP contribution in [0.1, 0.15) is 27.0 Å². The van der Waals surface area contributed by atoms with Gasteiger partial charge in [0.1, 0.15) is 5.75 Å². The van der Waals surface area contributed by atoms with E-state index in [9.17, 15) is 4.79 Å². The van der Waals surface area contributed by atoms with Gasteiger partial charge in [-0.3, -0.25) is 4.79 Å². The smallest absolute Gasteiger partial charge is 0.193 e. The van der Waals surface area contributed by atoms with Crippen LogP contribution < -0.4 is 4.74 Å². The van der Waals surface area contributed by atoms with E-state index in [1.54, 1.807) is 7.11 Å². The summed E-state index contributed by atoms with van der Waals surface area (Å²) in [6.07, 6.45) is 0. The zero-order chi connectivity index (χ0) is 21.1. The van der Waals surface area contributed by atoms with E-state index in [0.29, 0.717) is 11.1 Å². The van der Waals surface area contributed by atoms with Crippen molar-refractivity contribution in [2.24, 2.45) is 0 Å². The minimum atomic E-state index is 0.0143. The monoisotopic (exact) mass is 392 g/mol. The van der Waals surface area contributed by atoms with Crippen LogP contribution in [-0.4, -0.2) is 12.9 Å². The van der Waals surface area contributed by atoms with Gasteiger partial charge in [0.05, 0.1) is 7.11 Å². The Morgan fingerprint density at radius 2 is 1.37 bits per heavy atom. The molecule has 4 rings (SSSR count). The van der Waals surface area contributed by atoms with Crippen LogP contribution in [0.15, 0.2) is 91.0 Å². The standard InChI is InChI=1S/C28H24O2/c1-19-11-10-16-23(17-19)27(29)25-18-24(21-12-6-4-7-13-21)28(30-3)20(2)26(25)22-14-8-5-9-15-22/h4-18H,1-3H3. The van der Waals surface area contributed by atoms with Crippen molar-refractivity contribution >= 4 is 5.78 Å². The van der Waals surface area contributed by atoms with E-state index in [0.717, 1.165) is 39.1 Å². The number of aryl methyl sites for hydroxylation is 1. The molecule has 0 unspecified atom stereocenters. The second-order valence-electron chi connectivity index (χ2n) is 7.44. The second-order valence-corrected chi connectivity index (χ2v) is 7.44. The molecule has 4 aromatic rings. The number of benzene rings is 4. The van der Waals surface area contributed by atoms with Gasteiger partial charge in [0.15, 0.2) is 5.78 Å². The number of methoxy groups -OCH3 is 1. The number of hydrogen-bond acceptors (Lipinski definition) is 2. The highest BCUT2D eigenvalue weighted by atomic mass is 16.5. The third kappa shape index (κ3) is 3.65. The number of rotatable bonds is 5. The first-order valence-electron chi connectivity index (χ1n) is 10.0. The lowest BCUT2D eigenvalue weighted by atomic mass is 9.86. The summed E-state index contributed by atoms with van der Waals surface area (Å²) in [6, 6.07) is 29.8. The highest BCUT2D eigenvalue weighted by molar-refractivity contribution is 6.14. The molecule has 0 N–H and O–H groups in total. The van der Waals surface area contributed by atoms with Gasteiger partial charge in [-0.2, -0.15) is 0 Å². The van der Waals surface area contributed by atoms with Crippen molar-refractivity contribution in [1.82, 2.24) is 0 Å². The summed E-state index contributed by atoms with van der Waals surface area (Å²) >= 11 is 0. The fourth-order valence-electron chi connectivity index (χ4n) is 3.99. The molecule has 0 amide bonds. The van der Waals surface area contributed by atoms with Crippen LogP contribution in [0.2, 0.25) is 0 Å². The maximum Gasteiger partial charge on any atom is 0.193 e. The van der Waals surface area contributed by atoms with Crippen LogP contribution in [-0.2, 0) is 0 Å². The van der Waals surface area contributed by atoms with Crippen molar-refractivity contribution < 1.29 is 9.53 Å². The Morgan fingerprint density at radius 1 is 0.733 bits per heavy atom. The van der Waals surface area contributed by atoms with Crippen molar-refractivity contribution in [2.75, 3.05) is 7.11 Å². The van der Waals surface area contributed by atoms with Crippen molar-refractivity contribution in [2.45, 2.75) is 13.8 Å². The Morgan fingerprint density at radius 3 is 1.97 bits per heavy atom. The van der Waals surface area contributed by atoms with Gasteiger partial charge in [-0.25, -0.2) is 0 Å². The minimum absolute atomic E-state index is 0.0143. The first kappa shape index (κ1) is 19.7. The van der Waals surface area contributed by atoms with Crippen LogP contribution >= 0.6 is 0 Å². The quantitative estimate of drug-likeness (QED) is 0.346. The molecule has 2 heteroatoms. The molecule has 4 aromatic carbocycles. The predicted molar refractivity (Wildman–Crippen MR) is 123 cm³/mol. The van der Waals surface area contributed by atoms with E-state index in [2.05, 4.69) is 0 Å².